The predicted octanol–water partition coefficient (Wildman–Crippen LogP) is 3.30. The van der Waals surface area contributed by atoms with Crippen molar-refractivity contribution in [3.63, 3.8) is 0 Å². The monoisotopic (exact) mass is 688 g/mol. The molecule has 1 aromatic carbocycles. The van der Waals surface area contributed by atoms with E-state index in [0.717, 1.165) is 18.4 Å². The van der Waals surface area contributed by atoms with E-state index in [-0.39, 0.29) is 48.6 Å². The Morgan fingerprint density at radius 1 is 1.02 bits per heavy atom. The van der Waals surface area contributed by atoms with Crippen LogP contribution in [-0.4, -0.2) is 98.7 Å². The van der Waals surface area contributed by atoms with Crippen LogP contribution < -0.4 is 10.1 Å². The summed E-state index contributed by atoms with van der Waals surface area (Å²) in [7, 11) is -2.70. The Kier molecular flexibility index (Phi) is 13.1. The molecule has 2 fully saturated rings. The summed E-state index contributed by atoms with van der Waals surface area (Å²) >= 11 is 0. The molecule has 2 aliphatic rings. The summed E-state index contributed by atoms with van der Waals surface area (Å²) in [6.45, 7) is 3.28. The highest BCUT2D eigenvalue weighted by Crippen LogP contribution is 2.26. The maximum Gasteiger partial charge on any atom is 0.407 e. The van der Waals surface area contributed by atoms with Crippen molar-refractivity contribution in [1.29, 1.82) is 0 Å². The molecule has 1 aromatic heterocycles. The summed E-state index contributed by atoms with van der Waals surface area (Å²) in [4.78, 5) is 57.3. The zero-order valence-electron chi connectivity index (χ0n) is 27.3. The highest BCUT2D eigenvalue weighted by molar-refractivity contribution is 7.86. The lowest BCUT2D eigenvalue weighted by Crippen LogP contribution is -2.46. The molecule has 0 bridgehead atoms. The molecule has 0 saturated carbocycles. The first kappa shape index (κ1) is 36.6. The quantitative estimate of drug-likeness (QED) is 0.169. The van der Waals surface area contributed by atoms with Gasteiger partial charge in [0.25, 0.3) is 10.1 Å². The van der Waals surface area contributed by atoms with Crippen LogP contribution in [0.5, 0.6) is 5.75 Å². The van der Waals surface area contributed by atoms with Gasteiger partial charge in [-0.2, -0.15) is 8.42 Å². The fourth-order valence-electron chi connectivity index (χ4n) is 5.89. The number of amides is 3. The van der Waals surface area contributed by atoms with E-state index in [1.165, 1.54) is 36.5 Å². The van der Waals surface area contributed by atoms with Crippen LogP contribution in [-0.2, 0) is 33.4 Å². The number of pyridine rings is 1. The van der Waals surface area contributed by atoms with E-state index >= 15 is 0 Å². The van der Waals surface area contributed by atoms with E-state index in [1.54, 1.807) is 23.1 Å². The van der Waals surface area contributed by atoms with Crippen molar-refractivity contribution in [3.8, 4) is 5.75 Å². The number of ether oxygens (including phenoxy) is 2. The largest absolute Gasteiger partial charge is 0.490 e. The lowest BCUT2D eigenvalue weighted by Gasteiger charge is -2.34. The molecule has 15 heteroatoms. The SMILES string of the molecule is COC(=O)C[C@H](NC(=O)[C@@H]1CCCN(C(=O)CCC2CCN(C(=O)O)CC2)C1)c1cncc(OCCOS(=O)(=O)c2ccc(C)cc2)c1. The Morgan fingerprint density at radius 2 is 1.75 bits per heavy atom. The van der Waals surface area contributed by atoms with Crippen LogP contribution in [0.25, 0.3) is 0 Å². The summed E-state index contributed by atoms with van der Waals surface area (Å²) in [6, 6.07) is 7.10. The molecular weight excluding hydrogens is 644 g/mol. The number of rotatable bonds is 14. The summed E-state index contributed by atoms with van der Waals surface area (Å²) < 4.78 is 40.5. The number of aryl methyl sites for hydroxylation is 1. The first-order chi connectivity index (χ1) is 22.9. The second kappa shape index (κ2) is 17.2. The van der Waals surface area contributed by atoms with Gasteiger partial charge in [0, 0.05) is 38.8 Å². The van der Waals surface area contributed by atoms with E-state index in [4.69, 9.17) is 18.8 Å². The van der Waals surface area contributed by atoms with E-state index < -0.39 is 34.1 Å². The van der Waals surface area contributed by atoms with Crippen LogP contribution in [0.4, 0.5) is 4.79 Å². The Morgan fingerprint density at radius 3 is 2.44 bits per heavy atom. The average molecular weight is 689 g/mol. The lowest BCUT2D eigenvalue weighted by atomic mass is 9.91. The maximum absolute atomic E-state index is 13.5. The number of piperidine rings is 2. The van der Waals surface area contributed by atoms with Crippen molar-refractivity contribution < 1.29 is 46.4 Å². The molecule has 3 heterocycles. The molecule has 3 amide bonds. The van der Waals surface area contributed by atoms with Crippen LogP contribution in [0.15, 0.2) is 47.6 Å². The van der Waals surface area contributed by atoms with Gasteiger partial charge in [-0.05, 0) is 68.7 Å². The molecule has 2 N–H and O–H groups in total. The number of aromatic nitrogens is 1. The summed E-state index contributed by atoms with van der Waals surface area (Å²) in [6.07, 6.45) is 5.58. The average Bonchev–Trinajstić information content (AvgIpc) is 3.09. The summed E-state index contributed by atoms with van der Waals surface area (Å²) in [5.74, 6) is -0.763. The lowest BCUT2D eigenvalue weighted by molar-refractivity contribution is -0.141. The number of nitrogens with one attached hydrogen (secondary N) is 1. The molecule has 48 heavy (non-hydrogen) atoms. The minimum absolute atomic E-state index is 0.0241. The predicted molar refractivity (Wildman–Crippen MR) is 172 cm³/mol. The standard InChI is InChI=1S/C33H44N4O10S/c1-23-5-8-28(9-6-23)48(43,44)47-17-16-46-27-18-26(20-34-21-27)29(19-31(39)45-2)35-32(40)25-4-3-13-37(22-25)30(38)10-7-24-11-14-36(15-12-24)33(41)42/h5-6,8-9,18,20-21,24-25,29H,3-4,7,10-17,19,22H2,1-2H3,(H,35,40)(H,41,42)/t25-,29+/m1/s1. The fourth-order valence-corrected chi connectivity index (χ4v) is 6.78. The van der Waals surface area contributed by atoms with Crippen molar-refractivity contribution >= 4 is 34.0 Å². The molecule has 2 atom stereocenters. The smallest absolute Gasteiger partial charge is 0.407 e. The molecular formula is C33H44N4O10S. The molecule has 0 radical (unpaired) electrons. The Hall–Kier alpha value is -4.24. The second-order valence-corrected chi connectivity index (χ2v) is 13.8. The van der Waals surface area contributed by atoms with Crippen molar-refractivity contribution in [2.24, 2.45) is 11.8 Å². The molecule has 0 unspecified atom stereocenters. The third kappa shape index (κ3) is 10.6. The number of carbonyl (C=O) groups is 4. The zero-order valence-corrected chi connectivity index (χ0v) is 28.2. The number of carbonyl (C=O) groups excluding carboxylic acids is 3. The Labute approximate surface area is 280 Å². The summed E-state index contributed by atoms with van der Waals surface area (Å²) in [5, 5.41) is 12.1. The van der Waals surface area contributed by atoms with E-state index in [2.05, 4.69) is 10.3 Å². The maximum atomic E-state index is 13.5. The van der Waals surface area contributed by atoms with Crippen molar-refractivity contribution in [2.45, 2.75) is 62.8 Å². The molecule has 262 valence electrons. The highest BCUT2D eigenvalue weighted by Gasteiger charge is 2.31. The van der Waals surface area contributed by atoms with Gasteiger partial charge in [-0.25, -0.2) is 4.79 Å². The van der Waals surface area contributed by atoms with Gasteiger partial charge in [0.15, 0.2) is 0 Å². The first-order valence-corrected chi connectivity index (χ1v) is 17.5. The van der Waals surface area contributed by atoms with Crippen molar-refractivity contribution in [1.82, 2.24) is 20.1 Å². The highest BCUT2D eigenvalue weighted by atomic mass is 32.2. The summed E-state index contributed by atoms with van der Waals surface area (Å²) in [5.41, 5.74) is 1.40. The normalized spacial score (nSPS) is 17.8. The molecule has 2 aliphatic heterocycles. The Balaban J connectivity index is 1.30. The number of likely N-dealkylation sites (tertiary alicyclic amines) is 2. The zero-order chi connectivity index (χ0) is 34.7. The van der Waals surface area contributed by atoms with Crippen molar-refractivity contribution in [3.05, 3.63) is 53.9 Å². The van der Waals surface area contributed by atoms with Gasteiger partial charge in [-0.3, -0.25) is 23.6 Å². The number of carboxylic acid groups (broad SMARTS) is 1. The third-order valence-corrected chi connectivity index (χ3v) is 10.1. The van der Waals surface area contributed by atoms with Gasteiger partial charge < -0.3 is 29.7 Å². The van der Waals surface area contributed by atoms with Gasteiger partial charge in [0.2, 0.25) is 11.8 Å². The Bertz CT molecular complexity index is 1530. The van der Waals surface area contributed by atoms with Crippen LogP contribution in [0.1, 0.15) is 62.1 Å². The molecule has 2 saturated heterocycles. The molecule has 0 aliphatic carbocycles. The van der Waals surface area contributed by atoms with Crippen LogP contribution in [0, 0.1) is 18.8 Å². The number of hydrogen-bond donors (Lipinski definition) is 2. The van der Waals surface area contributed by atoms with E-state index in [0.29, 0.717) is 56.8 Å². The van der Waals surface area contributed by atoms with Gasteiger partial charge >= 0.3 is 12.1 Å². The number of methoxy groups -OCH3 is 1. The topological polar surface area (TPSA) is 182 Å². The fraction of sp³-hybridized carbons (Fsp3) is 0.545. The molecule has 14 nitrogen and oxygen atoms in total. The minimum Gasteiger partial charge on any atom is -0.490 e. The van der Waals surface area contributed by atoms with E-state index in [9.17, 15) is 27.6 Å². The van der Waals surface area contributed by atoms with Gasteiger partial charge in [-0.1, -0.05) is 17.7 Å². The minimum atomic E-state index is -3.95. The number of benzene rings is 1. The van der Waals surface area contributed by atoms with Gasteiger partial charge in [0.05, 0.1) is 36.6 Å². The van der Waals surface area contributed by atoms with Gasteiger partial charge in [0.1, 0.15) is 19.0 Å². The number of nitrogens with zero attached hydrogens (tertiary/aromatic N) is 3. The number of hydrogen-bond acceptors (Lipinski definition) is 10. The van der Waals surface area contributed by atoms with Crippen molar-refractivity contribution in [2.75, 3.05) is 46.5 Å². The van der Waals surface area contributed by atoms with E-state index in [1.807, 2.05) is 6.92 Å². The number of esters is 1. The third-order valence-electron chi connectivity index (χ3n) is 8.75. The molecule has 4 rings (SSSR count). The molecule has 2 aromatic rings. The first-order valence-electron chi connectivity index (χ1n) is 16.1. The second-order valence-electron chi connectivity index (χ2n) is 12.2. The van der Waals surface area contributed by atoms with Crippen LogP contribution in [0.2, 0.25) is 0 Å². The van der Waals surface area contributed by atoms with Crippen LogP contribution in [0.3, 0.4) is 0 Å². The van der Waals surface area contributed by atoms with Crippen LogP contribution >= 0.6 is 0 Å². The molecule has 0 spiro atoms. The van der Waals surface area contributed by atoms with Gasteiger partial charge in [-0.15, -0.1) is 0 Å².